The maximum absolute atomic E-state index is 12.2. The number of hydrogen-bond acceptors (Lipinski definition) is 2. The smallest absolute Gasteiger partial charge is 0.254 e. The van der Waals surface area contributed by atoms with Crippen LogP contribution in [0.4, 0.5) is 0 Å². The zero-order valence-corrected chi connectivity index (χ0v) is 13.0. The van der Waals surface area contributed by atoms with Crippen LogP contribution < -0.4 is 5.32 Å². The number of rotatable bonds is 6. The van der Waals surface area contributed by atoms with Crippen LogP contribution in [0.15, 0.2) is 41.1 Å². The Bertz CT molecular complexity index is 554. The molecule has 0 saturated carbocycles. The molecule has 2 N–H and O–H groups in total. The minimum absolute atomic E-state index is 0.0230. The van der Waals surface area contributed by atoms with Gasteiger partial charge in [-0.1, -0.05) is 47.8 Å². The van der Waals surface area contributed by atoms with E-state index in [2.05, 4.69) is 44.4 Å². The number of unbranched alkanes of at least 4 members (excludes halogenated alkanes) is 1. The third kappa shape index (κ3) is 3.93. The number of hydrogen-bond donors (Lipinski definition) is 2. The number of benzene rings is 1. The van der Waals surface area contributed by atoms with Crippen molar-refractivity contribution in [3.63, 3.8) is 0 Å². The summed E-state index contributed by atoms with van der Waals surface area (Å²) in [6.07, 6.45) is 6.24. The minimum Gasteiger partial charge on any atom is -0.345 e. The van der Waals surface area contributed by atoms with Crippen molar-refractivity contribution >= 4 is 21.8 Å². The number of carbonyl (C=O) groups is 1. The van der Waals surface area contributed by atoms with E-state index < -0.39 is 0 Å². The molecule has 0 saturated heterocycles. The van der Waals surface area contributed by atoms with E-state index in [-0.39, 0.29) is 11.9 Å². The van der Waals surface area contributed by atoms with Crippen molar-refractivity contribution in [3.8, 4) is 0 Å². The van der Waals surface area contributed by atoms with E-state index in [1.807, 2.05) is 18.2 Å². The van der Waals surface area contributed by atoms with Gasteiger partial charge >= 0.3 is 0 Å². The summed E-state index contributed by atoms with van der Waals surface area (Å²) in [4.78, 5) is 12.2. The van der Waals surface area contributed by atoms with Crippen LogP contribution in [0.3, 0.4) is 0 Å². The Morgan fingerprint density at radius 2 is 2.35 bits per heavy atom. The molecule has 2 aromatic rings. The first-order valence-corrected chi connectivity index (χ1v) is 7.55. The van der Waals surface area contributed by atoms with Crippen LogP contribution in [0, 0.1) is 0 Å². The molecule has 0 spiro atoms. The van der Waals surface area contributed by atoms with E-state index in [4.69, 9.17) is 0 Å². The summed E-state index contributed by atoms with van der Waals surface area (Å²) in [6.45, 7) is 2.15. The average molecular weight is 336 g/mol. The highest BCUT2D eigenvalue weighted by atomic mass is 79.9. The number of aromatic nitrogens is 2. The molecule has 0 aliphatic heterocycles. The molecule has 5 heteroatoms. The van der Waals surface area contributed by atoms with Gasteiger partial charge in [-0.25, -0.2) is 0 Å². The third-order valence-corrected chi connectivity index (χ3v) is 3.66. The van der Waals surface area contributed by atoms with Crippen LogP contribution in [-0.4, -0.2) is 16.1 Å². The Morgan fingerprint density at radius 3 is 3.00 bits per heavy atom. The van der Waals surface area contributed by atoms with Crippen molar-refractivity contribution in [2.45, 2.75) is 32.2 Å². The second kappa shape index (κ2) is 7.24. The normalized spacial score (nSPS) is 12.1. The van der Waals surface area contributed by atoms with Crippen molar-refractivity contribution in [2.24, 2.45) is 0 Å². The molecule has 106 valence electrons. The summed E-state index contributed by atoms with van der Waals surface area (Å²) in [5, 5.41) is 9.54. The highest BCUT2D eigenvalue weighted by Crippen LogP contribution is 2.23. The Balaban J connectivity index is 2.13. The van der Waals surface area contributed by atoms with Crippen LogP contribution in [0.5, 0.6) is 0 Å². The topological polar surface area (TPSA) is 57.8 Å². The Morgan fingerprint density at radius 1 is 1.50 bits per heavy atom. The first-order chi connectivity index (χ1) is 9.70. The van der Waals surface area contributed by atoms with Crippen molar-refractivity contribution < 1.29 is 4.79 Å². The molecule has 1 amide bonds. The highest BCUT2D eigenvalue weighted by molar-refractivity contribution is 9.10. The second-order valence-electron chi connectivity index (χ2n) is 4.71. The summed E-state index contributed by atoms with van der Waals surface area (Å²) in [6, 6.07) is 8.09. The van der Waals surface area contributed by atoms with Gasteiger partial charge in [0.1, 0.15) is 0 Å². The number of H-pyrrole nitrogens is 1. The lowest BCUT2D eigenvalue weighted by molar-refractivity contribution is 0.0934. The molecular formula is C15H18BrN3O. The van der Waals surface area contributed by atoms with E-state index in [1.54, 1.807) is 6.20 Å². The van der Waals surface area contributed by atoms with Crippen LogP contribution in [-0.2, 0) is 0 Å². The van der Waals surface area contributed by atoms with Crippen molar-refractivity contribution in [2.75, 3.05) is 0 Å². The monoisotopic (exact) mass is 335 g/mol. The van der Waals surface area contributed by atoms with E-state index in [9.17, 15) is 4.79 Å². The molecule has 1 heterocycles. The first kappa shape index (κ1) is 14.8. The van der Waals surface area contributed by atoms with Crippen molar-refractivity contribution in [1.29, 1.82) is 0 Å². The SMILES string of the molecule is CCCC[C@H](NC(=O)c1cn[nH]c1)c1cccc(Br)c1. The highest BCUT2D eigenvalue weighted by Gasteiger charge is 2.16. The van der Waals surface area contributed by atoms with Crippen LogP contribution in [0.25, 0.3) is 0 Å². The summed E-state index contributed by atoms with van der Waals surface area (Å²) in [7, 11) is 0. The predicted molar refractivity (Wildman–Crippen MR) is 82.5 cm³/mol. The zero-order valence-electron chi connectivity index (χ0n) is 11.4. The number of aromatic amines is 1. The largest absolute Gasteiger partial charge is 0.345 e. The predicted octanol–water partition coefficient (Wildman–Crippen LogP) is 3.83. The Hall–Kier alpha value is -1.62. The maximum Gasteiger partial charge on any atom is 0.254 e. The number of amides is 1. The summed E-state index contributed by atoms with van der Waals surface area (Å²) < 4.78 is 1.02. The van der Waals surface area contributed by atoms with Gasteiger partial charge < -0.3 is 5.32 Å². The zero-order chi connectivity index (χ0) is 14.4. The van der Waals surface area contributed by atoms with Gasteiger partial charge in [0.2, 0.25) is 0 Å². The molecule has 1 atom stereocenters. The molecule has 1 aromatic heterocycles. The molecule has 0 bridgehead atoms. The fourth-order valence-corrected chi connectivity index (χ4v) is 2.49. The van der Waals surface area contributed by atoms with E-state index >= 15 is 0 Å². The quantitative estimate of drug-likeness (QED) is 0.842. The molecule has 0 unspecified atom stereocenters. The van der Waals surface area contributed by atoms with Gasteiger partial charge in [-0.2, -0.15) is 5.10 Å². The van der Waals surface area contributed by atoms with Gasteiger partial charge in [0.15, 0.2) is 0 Å². The lowest BCUT2D eigenvalue weighted by Gasteiger charge is -2.19. The number of nitrogens with one attached hydrogen (secondary N) is 2. The molecule has 20 heavy (non-hydrogen) atoms. The first-order valence-electron chi connectivity index (χ1n) is 6.76. The standard InChI is InChI=1S/C15H18BrN3O/c1-2-3-7-14(11-5-4-6-13(16)8-11)19-15(20)12-9-17-18-10-12/h4-6,8-10,14H,2-3,7H2,1H3,(H,17,18)(H,19,20)/t14-/m0/s1. The number of halogens is 1. The Kier molecular flexibility index (Phi) is 5.35. The number of nitrogens with zero attached hydrogens (tertiary/aromatic N) is 1. The van der Waals surface area contributed by atoms with E-state index in [0.29, 0.717) is 5.56 Å². The van der Waals surface area contributed by atoms with Gasteiger partial charge in [-0.05, 0) is 24.1 Å². The Labute approximate surface area is 127 Å². The maximum atomic E-state index is 12.2. The minimum atomic E-state index is -0.0974. The van der Waals surface area contributed by atoms with Gasteiger partial charge in [-0.15, -0.1) is 0 Å². The molecule has 1 aromatic carbocycles. The second-order valence-corrected chi connectivity index (χ2v) is 5.63. The lowest BCUT2D eigenvalue weighted by atomic mass is 10.0. The van der Waals surface area contributed by atoms with Gasteiger partial charge in [0.25, 0.3) is 5.91 Å². The molecular weight excluding hydrogens is 318 g/mol. The molecule has 0 fully saturated rings. The molecule has 2 rings (SSSR count). The number of carbonyl (C=O) groups excluding carboxylic acids is 1. The van der Waals surface area contributed by atoms with Gasteiger partial charge in [0.05, 0.1) is 17.8 Å². The average Bonchev–Trinajstić information content (AvgIpc) is 2.97. The fraction of sp³-hybridized carbons (Fsp3) is 0.333. The van der Waals surface area contributed by atoms with Crippen LogP contribution in [0.1, 0.15) is 48.1 Å². The fourth-order valence-electron chi connectivity index (χ4n) is 2.07. The van der Waals surface area contributed by atoms with Crippen molar-refractivity contribution in [1.82, 2.24) is 15.5 Å². The van der Waals surface area contributed by atoms with Gasteiger partial charge in [0, 0.05) is 10.7 Å². The summed E-state index contributed by atoms with van der Waals surface area (Å²) in [5.41, 5.74) is 1.67. The third-order valence-electron chi connectivity index (χ3n) is 3.16. The molecule has 0 aliphatic carbocycles. The van der Waals surface area contributed by atoms with Gasteiger partial charge in [-0.3, -0.25) is 9.89 Å². The molecule has 4 nitrogen and oxygen atoms in total. The van der Waals surface area contributed by atoms with E-state index in [0.717, 1.165) is 29.3 Å². The summed E-state index contributed by atoms with van der Waals surface area (Å²) in [5.74, 6) is -0.0974. The molecule has 0 aliphatic rings. The lowest BCUT2D eigenvalue weighted by Crippen LogP contribution is -2.28. The van der Waals surface area contributed by atoms with Crippen LogP contribution in [0.2, 0.25) is 0 Å². The summed E-state index contributed by atoms with van der Waals surface area (Å²) >= 11 is 3.48. The van der Waals surface area contributed by atoms with Crippen molar-refractivity contribution in [3.05, 3.63) is 52.3 Å². The molecule has 0 radical (unpaired) electrons. The van der Waals surface area contributed by atoms with E-state index in [1.165, 1.54) is 6.20 Å². The van der Waals surface area contributed by atoms with Crippen LogP contribution >= 0.6 is 15.9 Å².